The van der Waals surface area contributed by atoms with Crippen molar-refractivity contribution in [2.45, 2.75) is 57.3 Å². The average Bonchev–Trinajstić information content (AvgIpc) is 3.40. The van der Waals surface area contributed by atoms with Crippen molar-refractivity contribution in [1.82, 2.24) is 9.88 Å². The van der Waals surface area contributed by atoms with E-state index in [-0.39, 0.29) is 30.3 Å². The molecule has 0 spiro atoms. The number of rotatable bonds is 8. The monoisotopic (exact) mass is 566 g/mol. The molecule has 1 aliphatic carbocycles. The summed E-state index contributed by atoms with van der Waals surface area (Å²) in [6.45, 7) is 2.12. The summed E-state index contributed by atoms with van der Waals surface area (Å²) in [5.41, 5.74) is 3.34. The van der Waals surface area contributed by atoms with Crippen molar-refractivity contribution in [2.75, 3.05) is 20.8 Å². The largest absolute Gasteiger partial charge is 0.493 e. The van der Waals surface area contributed by atoms with Crippen molar-refractivity contribution in [2.24, 2.45) is 5.92 Å². The van der Waals surface area contributed by atoms with Crippen LogP contribution < -0.4 is 14.8 Å². The summed E-state index contributed by atoms with van der Waals surface area (Å²) in [5.74, 6) is 0.364. The van der Waals surface area contributed by atoms with Gasteiger partial charge in [-0.1, -0.05) is 36.6 Å². The third kappa shape index (κ3) is 5.56. The summed E-state index contributed by atoms with van der Waals surface area (Å²) in [6.07, 6.45) is 4.19. The van der Waals surface area contributed by atoms with Gasteiger partial charge in [0.05, 0.1) is 44.5 Å². The van der Waals surface area contributed by atoms with E-state index >= 15 is 0 Å². The minimum atomic E-state index is -0.599. The third-order valence-corrected chi connectivity index (χ3v) is 7.97. The number of fused-ring (bicyclic) bond motifs is 3. The highest BCUT2D eigenvalue weighted by atomic mass is 35.5. The van der Waals surface area contributed by atoms with Gasteiger partial charge in [-0.15, -0.1) is 0 Å². The highest BCUT2D eigenvalue weighted by Crippen LogP contribution is 2.46. The van der Waals surface area contributed by atoms with Crippen LogP contribution >= 0.6 is 11.6 Å². The molecule has 2 aliphatic rings. The molecule has 1 N–H and O–H groups in total. The molecule has 212 valence electrons. The van der Waals surface area contributed by atoms with Gasteiger partial charge < -0.3 is 28.8 Å². The molecule has 0 saturated heterocycles. The van der Waals surface area contributed by atoms with Gasteiger partial charge in [0, 0.05) is 28.4 Å². The summed E-state index contributed by atoms with van der Waals surface area (Å²) in [5, 5.41) is 3.70. The molecule has 1 aromatic heterocycles. The lowest BCUT2D eigenvalue weighted by molar-refractivity contribution is -0.150. The molecular weight excluding hydrogens is 532 g/mol. The van der Waals surface area contributed by atoms with Crippen molar-refractivity contribution in [3.8, 4) is 17.2 Å². The molecule has 9 heteroatoms. The van der Waals surface area contributed by atoms with Gasteiger partial charge >= 0.3 is 5.97 Å². The molecule has 0 radical (unpaired) electrons. The van der Waals surface area contributed by atoms with Gasteiger partial charge in [-0.05, 0) is 56.2 Å². The van der Waals surface area contributed by atoms with Crippen molar-refractivity contribution in [3.05, 3.63) is 76.6 Å². The van der Waals surface area contributed by atoms with E-state index in [1.54, 1.807) is 21.1 Å². The Labute approximate surface area is 239 Å². The zero-order chi connectivity index (χ0) is 28.2. The summed E-state index contributed by atoms with van der Waals surface area (Å²) in [6, 6.07) is 15.0. The fraction of sp³-hybridized carbons (Fsp3) is 0.419. The van der Waals surface area contributed by atoms with Gasteiger partial charge in [0.25, 0.3) is 0 Å². The Morgan fingerprint density at radius 3 is 2.65 bits per heavy atom. The van der Waals surface area contributed by atoms with E-state index in [1.165, 1.54) is 0 Å². The molecule has 2 heterocycles. The molecule has 4 atom stereocenters. The summed E-state index contributed by atoms with van der Waals surface area (Å²) in [4.78, 5) is 26.1. The Hall–Kier alpha value is -3.49. The first-order valence-corrected chi connectivity index (χ1v) is 14.1. The summed E-state index contributed by atoms with van der Waals surface area (Å²) in [7, 11) is 3.18. The number of carbonyl (C=O) groups is 2. The van der Waals surface area contributed by atoms with E-state index in [9.17, 15) is 9.59 Å². The number of hydrogen-bond donors (Lipinski definition) is 1. The smallest absolute Gasteiger partial charge is 0.311 e. The van der Waals surface area contributed by atoms with Gasteiger partial charge in [-0.3, -0.25) is 9.59 Å². The summed E-state index contributed by atoms with van der Waals surface area (Å²) < 4.78 is 25.5. The number of halogens is 1. The SMILES string of the molecule is CCOC(=O)[C@H]1CCCC[C@H]1NC(=O)C[C@@H]1O[C@@H](c2cccc(OC)c2OC)c2cc(Cl)ccc2-n2cccc21. The van der Waals surface area contributed by atoms with Gasteiger partial charge in [-0.25, -0.2) is 0 Å². The molecule has 2 aromatic carbocycles. The fourth-order valence-corrected chi connectivity index (χ4v) is 6.10. The van der Waals surface area contributed by atoms with Crippen molar-refractivity contribution in [3.63, 3.8) is 0 Å². The predicted molar refractivity (Wildman–Crippen MR) is 151 cm³/mol. The molecule has 1 fully saturated rings. The zero-order valence-electron chi connectivity index (χ0n) is 23.0. The maximum atomic E-state index is 13.5. The lowest BCUT2D eigenvalue weighted by Gasteiger charge is -2.31. The second kappa shape index (κ2) is 12.4. The number of carbonyl (C=O) groups excluding carboxylic acids is 2. The van der Waals surface area contributed by atoms with Crippen LogP contribution in [0.4, 0.5) is 0 Å². The molecule has 1 aliphatic heterocycles. The Morgan fingerprint density at radius 1 is 1.05 bits per heavy atom. The van der Waals surface area contributed by atoms with Crippen LogP contribution in [0.3, 0.4) is 0 Å². The van der Waals surface area contributed by atoms with Crippen LogP contribution in [0.1, 0.15) is 68.1 Å². The quantitative estimate of drug-likeness (QED) is 0.340. The molecule has 40 heavy (non-hydrogen) atoms. The van der Waals surface area contributed by atoms with Gasteiger partial charge in [0.15, 0.2) is 11.5 Å². The first-order chi connectivity index (χ1) is 19.4. The Morgan fingerprint density at radius 2 is 1.88 bits per heavy atom. The normalized spacial score (nSPS) is 21.9. The van der Waals surface area contributed by atoms with Crippen molar-refractivity contribution < 1.29 is 28.5 Å². The molecular formula is C31H35ClN2O6. The highest BCUT2D eigenvalue weighted by Gasteiger charge is 2.36. The Kier molecular flexibility index (Phi) is 8.66. The number of nitrogens with one attached hydrogen (secondary N) is 1. The number of nitrogens with zero attached hydrogens (tertiary/aromatic N) is 1. The van der Waals surface area contributed by atoms with E-state index in [1.807, 2.05) is 59.3 Å². The first-order valence-electron chi connectivity index (χ1n) is 13.7. The third-order valence-electron chi connectivity index (χ3n) is 7.73. The highest BCUT2D eigenvalue weighted by molar-refractivity contribution is 6.30. The number of amides is 1. The molecule has 1 amide bonds. The van der Waals surface area contributed by atoms with Gasteiger partial charge in [0.2, 0.25) is 5.91 Å². The maximum absolute atomic E-state index is 13.5. The number of para-hydroxylation sites is 1. The van der Waals surface area contributed by atoms with Gasteiger partial charge in [0.1, 0.15) is 12.2 Å². The number of aromatic nitrogens is 1. The number of ether oxygens (including phenoxy) is 4. The lowest BCUT2D eigenvalue weighted by Crippen LogP contribution is -2.46. The number of benzene rings is 2. The van der Waals surface area contributed by atoms with Gasteiger partial charge in [-0.2, -0.15) is 0 Å². The van der Waals surface area contributed by atoms with Crippen LogP contribution in [0, 0.1) is 5.92 Å². The van der Waals surface area contributed by atoms with E-state index < -0.39 is 12.2 Å². The molecule has 3 aromatic rings. The molecule has 1 saturated carbocycles. The maximum Gasteiger partial charge on any atom is 0.311 e. The number of esters is 1. The molecule has 8 nitrogen and oxygen atoms in total. The van der Waals surface area contributed by atoms with E-state index in [2.05, 4.69) is 5.32 Å². The second-order valence-electron chi connectivity index (χ2n) is 10.1. The van der Waals surface area contributed by atoms with Crippen LogP contribution in [0.5, 0.6) is 11.5 Å². The Bertz CT molecular complexity index is 1370. The fourth-order valence-electron chi connectivity index (χ4n) is 5.92. The number of hydrogen-bond acceptors (Lipinski definition) is 6. The summed E-state index contributed by atoms with van der Waals surface area (Å²) >= 11 is 6.48. The van der Waals surface area contributed by atoms with Crippen LogP contribution in [0.25, 0.3) is 5.69 Å². The van der Waals surface area contributed by atoms with Crippen LogP contribution in [-0.2, 0) is 19.1 Å². The zero-order valence-corrected chi connectivity index (χ0v) is 23.8. The topological polar surface area (TPSA) is 88.0 Å². The number of methoxy groups -OCH3 is 2. The van der Waals surface area contributed by atoms with Crippen LogP contribution in [0.2, 0.25) is 5.02 Å². The second-order valence-corrected chi connectivity index (χ2v) is 10.6. The lowest BCUT2D eigenvalue weighted by atomic mass is 9.84. The molecule has 0 unspecified atom stereocenters. The van der Waals surface area contributed by atoms with E-state index in [4.69, 9.17) is 30.5 Å². The predicted octanol–water partition coefficient (Wildman–Crippen LogP) is 5.94. The van der Waals surface area contributed by atoms with Crippen LogP contribution in [-0.4, -0.2) is 43.3 Å². The first kappa shape index (κ1) is 28.1. The minimum Gasteiger partial charge on any atom is -0.493 e. The van der Waals surface area contributed by atoms with E-state index in [0.717, 1.165) is 41.8 Å². The van der Waals surface area contributed by atoms with Crippen molar-refractivity contribution in [1.29, 1.82) is 0 Å². The van der Waals surface area contributed by atoms with Crippen LogP contribution in [0.15, 0.2) is 54.7 Å². The van der Waals surface area contributed by atoms with E-state index in [0.29, 0.717) is 29.5 Å². The standard InChI is InChI=1S/C31H35ClN2O6/c1-4-39-31(36)20-9-5-6-11-23(20)33-28(35)18-27-25-12-8-16-34(25)24-15-14-19(32)17-22(24)29(40-27)21-10-7-13-26(37-2)30(21)38-3/h7-8,10,12-17,20,23,27,29H,4-6,9,11,18H2,1-3H3,(H,33,35)/t20-,23+,27-,29-/m0/s1. The Balaban J connectivity index is 1.49. The average molecular weight is 567 g/mol. The van der Waals surface area contributed by atoms with Crippen molar-refractivity contribution >= 4 is 23.5 Å². The molecule has 5 rings (SSSR count). The minimum absolute atomic E-state index is 0.0700. The molecule has 0 bridgehead atoms.